The molecule has 0 aliphatic carbocycles. The minimum Gasteiger partial charge on any atom is -0.369 e. The number of rotatable bonds is 5. The van der Waals surface area contributed by atoms with Crippen LogP contribution in [0.1, 0.15) is 23.6 Å². The average molecular weight is 237 g/mol. The number of hydrogen-bond donors (Lipinski definition) is 2. The molecule has 0 atom stereocenters. The number of hydrogen-bond acceptors (Lipinski definition) is 4. The first kappa shape index (κ1) is 12.7. The number of primary amides is 1. The Morgan fingerprint density at radius 2 is 2.31 bits per heavy atom. The molecule has 5 heteroatoms. The summed E-state index contributed by atoms with van der Waals surface area (Å²) in [4.78, 5) is 12.8. The van der Waals surface area contributed by atoms with Gasteiger partial charge in [0.05, 0.1) is 5.41 Å². The molecule has 3 N–H and O–H groups in total. The Labute approximate surface area is 99.1 Å². The van der Waals surface area contributed by atoms with Gasteiger partial charge in [0.25, 0.3) is 0 Å². The van der Waals surface area contributed by atoms with Gasteiger partial charge in [-0.15, -0.1) is 11.3 Å². The molecule has 1 aromatic heterocycles. The molecule has 0 spiro atoms. The monoisotopic (exact) mass is 237 g/mol. The zero-order valence-electron chi connectivity index (χ0n) is 9.41. The molecular formula is C11H15N3OS. The number of nitriles is 1. The number of nitrogens with zero attached hydrogens (tertiary/aromatic N) is 1. The van der Waals surface area contributed by atoms with E-state index in [-0.39, 0.29) is 5.91 Å². The fourth-order valence-corrected chi connectivity index (χ4v) is 1.89. The van der Waals surface area contributed by atoms with E-state index in [9.17, 15) is 4.79 Å². The third-order valence-corrected chi connectivity index (χ3v) is 3.29. The Morgan fingerprint density at radius 3 is 2.81 bits per heavy atom. The van der Waals surface area contributed by atoms with Gasteiger partial charge in [0.2, 0.25) is 5.91 Å². The third kappa shape index (κ3) is 3.33. The van der Waals surface area contributed by atoms with Crippen LogP contribution < -0.4 is 11.1 Å². The van der Waals surface area contributed by atoms with Gasteiger partial charge in [0.1, 0.15) is 10.9 Å². The lowest BCUT2D eigenvalue weighted by molar-refractivity contribution is -0.125. The summed E-state index contributed by atoms with van der Waals surface area (Å²) < 4.78 is 0. The second-order valence-electron chi connectivity index (χ2n) is 4.23. The minimum absolute atomic E-state index is 0.316. The lowest BCUT2D eigenvalue weighted by atomic mass is 9.93. The topological polar surface area (TPSA) is 78.9 Å². The van der Waals surface area contributed by atoms with Crippen molar-refractivity contribution >= 4 is 17.2 Å². The second-order valence-corrected chi connectivity index (χ2v) is 5.40. The highest BCUT2D eigenvalue weighted by atomic mass is 32.1. The van der Waals surface area contributed by atoms with Crippen molar-refractivity contribution in [3.63, 3.8) is 0 Å². The van der Waals surface area contributed by atoms with Gasteiger partial charge in [-0.25, -0.2) is 0 Å². The van der Waals surface area contributed by atoms with Crippen LogP contribution in [0.2, 0.25) is 0 Å². The Balaban J connectivity index is 2.42. The van der Waals surface area contributed by atoms with E-state index in [4.69, 9.17) is 11.0 Å². The van der Waals surface area contributed by atoms with Crippen LogP contribution in [-0.4, -0.2) is 12.5 Å². The van der Waals surface area contributed by atoms with Crippen LogP contribution in [0.25, 0.3) is 0 Å². The van der Waals surface area contributed by atoms with Gasteiger partial charge in [-0.3, -0.25) is 4.79 Å². The second kappa shape index (κ2) is 5.10. The zero-order valence-corrected chi connectivity index (χ0v) is 10.2. The lowest BCUT2D eigenvalue weighted by Crippen LogP contribution is -2.40. The van der Waals surface area contributed by atoms with E-state index in [1.807, 2.05) is 6.07 Å². The van der Waals surface area contributed by atoms with Crippen molar-refractivity contribution in [1.29, 1.82) is 5.26 Å². The van der Waals surface area contributed by atoms with Crippen LogP contribution >= 0.6 is 11.3 Å². The van der Waals surface area contributed by atoms with Crippen LogP contribution in [0.4, 0.5) is 0 Å². The van der Waals surface area contributed by atoms with E-state index >= 15 is 0 Å². The van der Waals surface area contributed by atoms with E-state index in [2.05, 4.69) is 11.4 Å². The van der Waals surface area contributed by atoms with Crippen LogP contribution in [0, 0.1) is 16.7 Å². The molecule has 0 fully saturated rings. The maximum absolute atomic E-state index is 11.1. The summed E-state index contributed by atoms with van der Waals surface area (Å²) in [5, 5.41) is 11.8. The number of amides is 1. The SMILES string of the molecule is CC(C)(CNCc1ccc(C#N)s1)C(N)=O. The molecule has 1 rings (SSSR count). The molecular weight excluding hydrogens is 222 g/mol. The lowest BCUT2D eigenvalue weighted by Gasteiger charge is -2.20. The maximum Gasteiger partial charge on any atom is 0.224 e. The highest BCUT2D eigenvalue weighted by molar-refractivity contribution is 7.12. The molecule has 1 heterocycles. The van der Waals surface area contributed by atoms with Gasteiger partial charge in [0, 0.05) is 18.0 Å². The summed E-state index contributed by atoms with van der Waals surface area (Å²) in [7, 11) is 0. The normalized spacial score (nSPS) is 11.1. The fourth-order valence-electron chi connectivity index (χ4n) is 1.12. The molecule has 4 nitrogen and oxygen atoms in total. The predicted molar refractivity (Wildman–Crippen MR) is 63.7 cm³/mol. The Morgan fingerprint density at radius 1 is 1.62 bits per heavy atom. The molecule has 1 amide bonds. The van der Waals surface area contributed by atoms with Crippen molar-refractivity contribution in [3.8, 4) is 6.07 Å². The van der Waals surface area contributed by atoms with E-state index in [1.165, 1.54) is 11.3 Å². The zero-order chi connectivity index (χ0) is 12.2. The van der Waals surface area contributed by atoms with E-state index in [0.29, 0.717) is 18.0 Å². The van der Waals surface area contributed by atoms with Crippen LogP contribution in [0.3, 0.4) is 0 Å². The van der Waals surface area contributed by atoms with Crippen LogP contribution in [0.15, 0.2) is 12.1 Å². The number of carbonyl (C=O) groups excluding carboxylic acids is 1. The van der Waals surface area contributed by atoms with Crippen molar-refractivity contribution in [1.82, 2.24) is 5.32 Å². The summed E-state index contributed by atoms with van der Waals surface area (Å²) in [5.41, 5.74) is 4.71. The Hall–Kier alpha value is -1.38. The highest BCUT2D eigenvalue weighted by Gasteiger charge is 2.23. The van der Waals surface area contributed by atoms with Crippen molar-refractivity contribution in [2.45, 2.75) is 20.4 Å². The minimum atomic E-state index is -0.546. The molecule has 0 saturated carbocycles. The Bertz CT molecular complexity index is 417. The molecule has 0 radical (unpaired) electrons. The largest absolute Gasteiger partial charge is 0.369 e. The summed E-state index contributed by atoms with van der Waals surface area (Å²) in [6.45, 7) is 4.79. The van der Waals surface area contributed by atoms with E-state index < -0.39 is 5.41 Å². The Kier molecular flexibility index (Phi) is 4.05. The predicted octanol–water partition coefficient (Wildman–Crippen LogP) is 1.22. The highest BCUT2D eigenvalue weighted by Crippen LogP contribution is 2.16. The van der Waals surface area contributed by atoms with E-state index in [1.54, 1.807) is 19.9 Å². The van der Waals surface area contributed by atoms with Gasteiger partial charge in [-0.1, -0.05) is 0 Å². The first-order valence-corrected chi connectivity index (χ1v) is 5.77. The molecule has 0 aromatic carbocycles. The van der Waals surface area contributed by atoms with Crippen molar-refractivity contribution < 1.29 is 4.79 Å². The molecule has 0 aliphatic heterocycles. The maximum atomic E-state index is 11.1. The third-order valence-electron chi connectivity index (χ3n) is 2.31. The van der Waals surface area contributed by atoms with Gasteiger partial charge in [-0.05, 0) is 26.0 Å². The summed E-state index contributed by atoms with van der Waals surface area (Å²) >= 11 is 1.45. The average Bonchev–Trinajstić information content (AvgIpc) is 2.65. The molecule has 0 bridgehead atoms. The van der Waals surface area contributed by atoms with E-state index in [0.717, 1.165) is 4.88 Å². The molecule has 0 saturated heterocycles. The summed E-state index contributed by atoms with van der Waals surface area (Å²) in [6, 6.07) is 5.79. The molecule has 1 aromatic rings. The molecule has 86 valence electrons. The first-order chi connectivity index (χ1) is 7.45. The quantitative estimate of drug-likeness (QED) is 0.808. The fraction of sp³-hybridized carbons (Fsp3) is 0.455. The van der Waals surface area contributed by atoms with Crippen molar-refractivity contribution in [3.05, 3.63) is 21.9 Å². The van der Waals surface area contributed by atoms with Crippen molar-refractivity contribution in [2.75, 3.05) is 6.54 Å². The summed E-state index contributed by atoms with van der Waals surface area (Å²) in [5.74, 6) is -0.316. The number of nitrogens with two attached hydrogens (primary N) is 1. The first-order valence-electron chi connectivity index (χ1n) is 4.95. The van der Waals surface area contributed by atoms with Gasteiger partial charge < -0.3 is 11.1 Å². The van der Waals surface area contributed by atoms with Crippen molar-refractivity contribution in [2.24, 2.45) is 11.1 Å². The molecule has 0 unspecified atom stereocenters. The standard InChI is InChI=1S/C11H15N3OS/c1-11(2,10(13)15)7-14-6-9-4-3-8(5-12)16-9/h3-4,14H,6-7H2,1-2H3,(H2,13,15). The molecule has 16 heavy (non-hydrogen) atoms. The van der Waals surface area contributed by atoms with Gasteiger partial charge in [-0.2, -0.15) is 5.26 Å². The van der Waals surface area contributed by atoms with Gasteiger partial charge in [0.15, 0.2) is 0 Å². The van der Waals surface area contributed by atoms with Crippen LogP contribution in [0.5, 0.6) is 0 Å². The van der Waals surface area contributed by atoms with Crippen LogP contribution in [-0.2, 0) is 11.3 Å². The van der Waals surface area contributed by atoms with Gasteiger partial charge >= 0.3 is 0 Å². The number of nitrogens with one attached hydrogen (secondary N) is 1. The number of thiophene rings is 1. The molecule has 0 aliphatic rings. The summed E-state index contributed by atoms with van der Waals surface area (Å²) in [6.07, 6.45) is 0. The number of carbonyl (C=O) groups is 1. The smallest absolute Gasteiger partial charge is 0.224 e.